The summed E-state index contributed by atoms with van der Waals surface area (Å²) in [5.74, 6) is 2.16. The van der Waals surface area contributed by atoms with Crippen molar-refractivity contribution >= 4 is 23.5 Å². The molecule has 2 aliphatic rings. The number of nitriles is 1. The highest BCUT2D eigenvalue weighted by atomic mass is 32.2. The second-order valence-corrected chi connectivity index (χ2v) is 8.15. The zero-order valence-corrected chi connectivity index (χ0v) is 15.9. The second-order valence-electron chi connectivity index (χ2n) is 7.01. The zero-order chi connectivity index (χ0) is 18.6. The molecule has 5 nitrogen and oxygen atoms in total. The average Bonchev–Trinajstić information content (AvgIpc) is 2.74. The highest BCUT2D eigenvalue weighted by Gasteiger charge is 2.29. The molecule has 0 spiro atoms. The van der Waals surface area contributed by atoms with E-state index in [4.69, 9.17) is 5.26 Å². The van der Waals surface area contributed by atoms with E-state index in [0.717, 1.165) is 43.9 Å². The Morgan fingerprint density at radius 2 is 2.00 bits per heavy atom. The number of hydrogen-bond donors (Lipinski definition) is 1. The van der Waals surface area contributed by atoms with Gasteiger partial charge in [0, 0.05) is 35.9 Å². The van der Waals surface area contributed by atoms with Gasteiger partial charge in [-0.15, -0.1) is 11.8 Å². The normalized spacial score (nSPS) is 19.8. The molecule has 2 aromatic rings. The number of anilines is 1. The van der Waals surface area contributed by atoms with E-state index in [1.165, 1.54) is 10.5 Å². The molecule has 6 heteroatoms. The minimum atomic E-state index is 0.0568. The molecule has 0 bridgehead atoms. The Hall–Kier alpha value is -2.52. The van der Waals surface area contributed by atoms with Crippen LogP contribution in [0.4, 0.5) is 5.82 Å². The Kier molecular flexibility index (Phi) is 5.30. The number of carbonyl (C=O) groups excluding carboxylic acids is 1. The average molecular weight is 379 g/mol. The number of benzene rings is 1. The van der Waals surface area contributed by atoms with Crippen LogP contribution in [0.2, 0.25) is 0 Å². The number of thioether (sulfide) groups is 1. The van der Waals surface area contributed by atoms with E-state index < -0.39 is 0 Å². The van der Waals surface area contributed by atoms with Gasteiger partial charge in [0.1, 0.15) is 11.9 Å². The van der Waals surface area contributed by atoms with Crippen LogP contribution in [-0.4, -0.2) is 29.7 Å². The van der Waals surface area contributed by atoms with Gasteiger partial charge in [0.15, 0.2) is 0 Å². The number of piperidine rings is 1. The van der Waals surface area contributed by atoms with Crippen molar-refractivity contribution in [3.8, 4) is 6.07 Å². The Morgan fingerprint density at radius 1 is 1.19 bits per heavy atom. The van der Waals surface area contributed by atoms with Crippen molar-refractivity contribution in [2.24, 2.45) is 5.92 Å². The third-order valence-electron chi connectivity index (χ3n) is 5.34. The zero-order valence-electron chi connectivity index (χ0n) is 15.1. The Bertz CT molecular complexity index is 853. The summed E-state index contributed by atoms with van der Waals surface area (Å²) in [6.45, 7) is 1.63. The first-order valence-corrected chi connectivity index (χ1v) is 10.4. The highest BCUT2D eigenvalue weighted by Crippen LogP contribution is 2.36. The molecule has 1 N–H and O–H groups in total. The largest absolute Gasteiger partial charge is 0.357 e. The van der Waals surface area contributed by atoms with Crippen LogP contribution in [-0.2, 0) is 4.79 Å². The lowest BCUT2D eigenvalue weighted by Gasteiger charge is -2.33. The lowest BCUT2D eigenvalue weighted by molar-refractivity contribution is -0.126. The summed E-state index contributed by atoms with van der Waals surface area (Å²) >= 11 is 1.87. The minimum Gasteiger partial charge on any atom is -0.357 e. The Labute approximate surface area is 163 Å². The number of aromatic nitrogens is 1. The van der Waals surface area contributed by atoms with Crippen LogP contribution in [0.1, 0.15) is 36.4 Å². The van der Waals surface area contributed by atoms with Gasteiger partial charge in [0.2, 0.25) is 5.91 Å². The van der Waals surface area contributed by atoms with Crippen molar-refractivity contribution in [1.29, 1.82) is 5.26 Å². The standard InChI is InChI=1S/C21H22N4OS/c22-13-15-5-6-20(23-14-15)25-10-7-16(8-11-25)21(26)24-18-9-12-27-19-4-2-1-3-17(18)19/h1-6,14,16,18H,7-12H2,(H,24,26). The van der Waals surface area contributed by atoms with Crippen LogP contribution in [0.5, 0.6) is 0 Å². The van der Waals surface area contributed by atoms with Crippen molar-refractivity contribution in [3.05, 3.63) is 53.7 Å². The molecule has 1 aromatic heterocycles. The van der Waals surface area contributed by atoms with E-state index in [1.807, 2.05) is 23.9 Å². The first-order valence-electron chi connectivity index (χ1n) is 9.38. The van der Waals surface area contributed by atoms with Gasteiger partial charge in [-0.25, -0.2) is 4.98 Å². The molecule has 3 heterocycles. The lowest BCUT2D eigenvalue weighted by Crippen LogP contribution is -2.42. The molecule has 0 radical (unpaired) electrons. The number of rotatable bonds is 3. The Morgan fingerprint density at radius 3 is 2.74 bits per heavy atom. The summed E-state index contributed by atoms with van der Waals surface area (Å²) in [5, 5.41) is 12.2. The van der Waals surface area contributed by atoms with Crippen molar-refractivity contribution in [2.45, 2.75) is 30.2 Å². The number of hydrogen-bond acceptors (Lipinski definition) is 5. The predicted molar refractivity (Wildman–Crippen MR) is 107 cm³/mol. The van der Waals surface area contributed by atoms with Crippen molar-refractivity contribution in [2.75, 3.05) is 23.7 Å². The predicted octanol–water partition coefficient (Wildman–Crippen LogP) is 3.52. The van der Waals surface area contributed by atoms with E-state index in [2.05, 4.69) is 39.5 Å². The molecule has 138 valence electrons. The van der Waals surface area contributed by atoms with Crippen molar-refractivity contribution in [3.63, 3.8) is 0 Å². The van der Waals surface area contributed by atoms with Gasteiger partial charge in [0.05, 0.1) is 11.6 Å². The van der Waals surface area contributed by atoms with Gasteiger partial charge >= 0.3 is 0 Å². The number of carbonyl (C=O) groups is 1. The van der Waals surface area contributed by atoms with Crippen LogP contribution in [0.15, 0.2) is 47.5 Å². The maximum atomic E-state index is 12.8. The highest BCUT2D eigenvalue weighted by molar-refractivity contribution is 7.99. The van der Waals surface area contributed by atoms with Crippen LogP contribution >= 0.6 is 11.8 Å². The molecule has 1 amide bonds. The Balaban J connectivity index is 1.34. The fourth-order valence-corrected chi connectivity index (χ4v) is 4.92. The monoisotopic (exact) mass is 378 g/mol. The van der Waals surface area contributed by atoms with Gasteiger partial charge in [-0.1, -0.05) is 18.2 Å². The van der Waals surface area contributed by atoms with E-state index in [0.29, 0.717) is 5.56 Å². The number of nitrogens with zero attached hydrogens (tertiary/aromatic N) is 3. The fraction of sp³-hybridized carbons (Fsp3) is 0.381. The van der Waals surface area contributed by atoms with E-state index in [-0.39, 0.29) is 17.9 Å². The van der Waals surface area contributed by atoms with Gasteiger partial charge < -0.3 is 10.2 Å². The number of pyridine rings is 1. The summed E-state index contributed by atoms with van der Waals surface area (Å²) in [5.41, 5.74) is 1.82. The molecule has 1 aromatic carbocycles. The number of fused-ring (bicyclic) bond motifs is 1. The SMILES string of the molecule is N#Cc1ccc(N2CCC(C(=O)NC3CCSc4ccccc43)CC2)nc1. The molecule has 0 aliphatic carbocycles. The first-order chi connectivity index (χ1) is 13.2. The van der Waals surface area contributed by atoms with Gasteiger partial charge in [-0.05, 0) is 43.0 Å². The molecular formula is C21H22N4OS. The molecule has 27 heavy (non-hydrogen) atoms. The quantitative estimate of drug-likeness (QED) is 0.885. The summed E-state index contributed by atoms with van der Waals surface area (Å²) in [4.78, 5) is 20.7. The maximum Gasteiger partial charge on any atom is 0.223 e. The molecular weight excluding hydrogens is 356 g/mol. The topological polar surface area (TPSA) is 69.0 Å². The van der Waals surface area contributed by atoms with Crippen LogP contribution in [0.25, 0.3) is 0 Å². The van der Waals surface area contributed by atoms with Crippen LogP contribution in [0.3, 0.4) is 0 Å². The summed E-state index contributed by atoms with van der Waals surface area (Å²) in [7, 11) is 0. The van der Waals surface area contributed by atoms with Crippen LogP contribution in [0, 0.1) is 17.2 Å². The molecule has 2 aliphatic heterocycles. The molecule has 1 unspecified atom stereocenters. The third kappa shape index (κ3) is 3.93. The molecule has 1 atom stereocenters. The third-order valence-corrected chi connectivity index (χ3v) is 6.46. The van der Waals surface area contributed by atoms with E-state index in [9.17, 15) is 4.79 Å². The van der Waals surface area contributed by atoms with Crippen LogP contribution < -0.4 is 10.2 Å². The van der Waals surface area contributed by atoms with Gasteiger partial charge in [0.25, 0.3) is 0 Å². The fourth-order valence-electron chi connectivity index (χ4n) is 3.79. The van der Waals surface area contributed by atoms with Crippen molar-refractivity contribution in [1.82, 2.24) is 10.3 Å². The molecule has 4 rings (SSSR count). The van der Waals surface area contributed by atoms with Gasteiger partial charge in [-0.2, -0.15) is 5.26 Å². The van der Waals surface area contributed by atoms with Crippen molar-refractivity contribution < 1.29 is 4.79 Å². The summed E-state index contributed by atoms with van der Waals surface area (Å²) in [6, 6.07) is 14.3. The lowest BCUT2D eigenvalue weighted by atomic mass is 9.94. The number of amides is 1. The molecule has 1 fully saturated rings. The minimum absolute atomic E-state index is 0.0568. The maximum absolute atomic E-state index is 12.8. The van der Waals surface area contributed by atoms with E-state index >= 15 is 0 Å². The molecule has 0 saturated carbocycles. The second kappa shape index (κ2) is 8.01. The summed E-state index contributed by atoms with van der Waals surface area (Å²) < 4.78 is 0. The number of nitrogens with one attached hydrogen (secondary N) is 1. The van der Waals surface area contributed by atoms with E-state index in [1.54, 1.807) is 12.3 Å². The van der Waals surface area contributed by atoms with Gasteiger partial charge in [-0.3, -0.25) is 4.79 Å². The first kappa shape index (κ1) is 17.9. The smallest absolute Gasteiger partial charge is 0.223 e. The molecule has 1 saturated heterocycles. The summed E-state index contributed by atoms with van der Waals surface area (Å²) in [6.07, 6.45) is 4.25.